The molecule has 0 aliphatic heterocycles. The monoisotopic (exact) mass is 189 g/mol. The number of nitrogens with zero attached hydrogens (tertiary/aromatic N) is 1. The van der Waals surface area contributed by atoms with Gasteiger partial charge in [-0.2, -0.15) is 0 Å². The van der Waals surface area contributed by atoms with E-state index < -0.39 is 0 Å². The van der Waals surface area contributed by atoms with Gasteiger partial charge in [-0.05, 0) is 31.2 Å². The molecule has 2 nitrogen and oxygen atoms in total. The van der Waals surface area contributed by atoms with Crippen LogP contribution in [0.25, 0.3) is 0 Å². The Hall–Kier alpha value is -1.31. The van der Waals surface area contributed by atoms with Crippen LogP contribution in [0, 0.1) is 5.92 Å². The van der Waals surface area contributed by atoms with E-state index in [-0.39, 0.29) is 0 Å². The van der Waals surface area contributed by atoms with Crippen LogP contribution in [-0.4, -0.2) is 12.3 Å². The SMILES string of the molecule is C/C(=N\OCC1CC1)c1ccccc1. The quantitative estimate of drug-likeness (QED) is 0.527. The normalized spacial score (nSPS) is 16.8. The van der Waals surface area contributed by atoms with Crippen molar-refractivity contribution < 1.29 is 4.84 Å². The summed E-state index contributed by atoms with van der Waals surface area (Å²) in [6, 6.07) is 10.1. The van der Waals surface area contributed by atoms with E-state index in [4.69, 9.17) is 4.84 Å². The van der Waals surface area contributed by atoms with E-state index in [0.29, 0.717) is 0 Å². The predicted molar refractivity (Wildman–Crippen MR) is 57.3 cm³/mol. The fourth-order valence-corrected chi connectivity index (χ4v) is 1.26. The molecule has 0 heterocycles. The maximum absolute atomic E-state index is 5.26. The van der Waals surface area contributed by atoms with Crippen LogP contribution in [0.2, 0.25) is 0 Å². The van der Waals surface area contributed by atoms with E-state index in [2.05, 4.69) is 5.16 Å². The molecular formula is C12H15NO. The molecule has 1 aromatic rings. The molecule has 1 aliphatic rings. The van der Waals surface area contributed by atoms with Gasteiger partial charge in [0.15, 0.2) is 0 Å². The number of hydrogen-bond donors (Lipinski definition) is 0. The Morgan fingerprint density at radius 3 is 2.71 bits per heavy atom. The maximum atomic E-state index is 5.26. The number of oxime groups is 1. The summed E-state index contributed by atoms with van der Waals surface area (Å²) >= 11 is 0. The second-order valence-corrected chi connectivity index (χ2v) is 3.78. The molecule has 0 amide bonds. The molecule has 14 heavy (non-hydrogen) atoms. The fourth-order valence-electron chi connectivity index (χ4n) is 1.26. The van der Waals surface area contributed by atoms with Crippen molar-refractivity contribution in [2.75, 3.05) is 6.61 Å². The van der Waals surface area contributed by atoms with Crippen LogP contribution in [-0.2, 0) is 4.84 Å². The third-order valence-electron chi connectivity index (χ3n) is 2.40. The van der Waals surface area contributed by atoms with E-state index in [0.717, 1.165) is 23.8 Å². The summed E-state index contributed by atoms with van der Waals surface area (Å²) in [5.74, 6) is 0.766. The van der Waals surface area contributed by atoms with Crippen LogP contribution in [0.4, 0.5) is 0 Å². The Balaban J connectivity index is 1.89. The van der Waals surface area contributed by atoms with Crippen molar-refractivity contribution in [3.05, 3.63) is 35.9 Å². The summed E-state index contributed by atoms with van der Waals surface area (Å²) in [6.07, 6.45) is 2.61. The van der Waals surface area contributed by atoms with Gasteiger partial charge in [-0.15, -0.1) is 0 Å². The van der Waals surface area contributed by atoms with Crippen molar-refractivity contribution >= 4 is 5.71 Å². The summed E-state index contributed by atoms with van der Waals surface area (Å²) in [5, 5.41) is 4.09. The van der Waals surface area contributed by atoms with E-state index in [1.807, 2.05) is 37.3 Å². The largest absolute Gasteiger partial charge is 0.395 e. The second kappa shape index (κ2) is 4.27. The van der Waals surface area contributed by atoms with Crippen molar-refractivity contribution in [2.45, 2.75) is 19.8 Å². The lowest BCUT2D eigenvalue weighted by Crippen LogP contribution is -1.97. The van der Waals surface area contributed by atoms with Crippen molar-refractivity contribution in [3.63, 3.8) is 0 Å². The van der Waals surface area contributed by atoms with Gasteiger partial charge in [0.25, 0.3) is 0 Å². The fraction of sp³-hybridized carbons (Fsp3) is 0.417. The van der Waals surface area contributed by atoms with Crippen molar-refractivity contribution in [2.24, 2.45) is 11.1 Å². The van der Waals surface area contributed by atoms with E-state index >= 15 is 0 Å². The minimum atomic E-state index is 0.766. The summed E-state index contributed by atoms with van der Waals surface area (Å²) in [6.45, 7) is 2.76. The minimum Gasteiger partial charge on any atom is -0.395 e. The first-order valence-electron chi connectivity index (χ1n) is 5.08. The molecule has 2 heteroatoms. The zero-order valence-electron chi connectivity index (χ0n) is 8.44. The standard InChI is InChI=1S/C12H15NO/c1-10(12-5-3-2-4-6-12)13-14-9-11-7-8-11/h2-6,11H,7-9H2,1H3/b13-10+. The highest BCUT2D eigenvalue weighted by Crippen LogP contribution is 2.28. The molecule has 1 aliphatic carbocycles. The Labute approximate surface area is 84.6 Å². The van der Waals surface area contributed by atoms with E-state index in [1.165, 1.54) is 12.8 Å². The van der Waals surface area contributed by atoms with Crippen LogP contribution in [0.5, 0.6) is 0 Å². The Morgan fingerprint density at radius 2 is 2.07 bits per heavy atom. The molecule has 1 aromatic carbocycles. The van der Waals surface area contributed by atoms with Gasteiger partial charge in [-0.1, -0.05) is 35.5 Å². The molecule has 0 bridgehead atoms. The first kappa shape index (κ1) is 9.25. The van der Waals surface area contributed by atoms with Crippen molar-refractivity contribution in [1.29, 1.82) is 0 Å². The van der Waals surface area contributed by atoms with Crippen molar-refractivity contribution in [1.82, 2.24) is 0 Å². The molecule has 0 saturated heterocycles. The van der Waals surface area contributed by atoms with Gasteiger partial charge in [0.1, 0.15) is 6.61 Å². The Morgan fingerprint density at radius 1 is 1.36 bits per heavy atom. The van der Waals surface area contributed by atoms with Gasteiger partial charge in [0.2, 0.25) is 0 Å². The number of rotatable bonds is 4. The van der Waals surface area contributed by atoms with Crippen LogP contribution in [0.3, 0.4) is 0 Å². The summed E-state index contributed by atoms with van der Waals surface area (Å²) in [5.41, 5.74) is 2.08. The first-order valence-corrected chi connectivity index (χ1v) is 5.08. The highest BCUT2D eigenvalue weighted by molar-refractivity contribution is 5.98. The highest BCUT2D eigenvalue weighted by atomic mass is 16.6. The molecule has 0 aromatic heterocycles. The summed E-state index contributed by atoms with van der Waals surface area (Å²) < 4.78 is 0. The van der Waals surface area contributed by atoms with Gasteiger partial charge in [-0.3, -0.25) is 0 Å². The topological polar surface area (TPSA) is 21.6 Å². The highest BCUT2D eigenvalue weighted by Gasteiger charge is 2.21. The van der Waals surface area contributed by atoms with Gasteiger partial charge >= 0.3 is 0 Å². The maximum Gasteiger partial charge on any atom is 0.120 e. The van der Waals surface area contributed by atoms with Gasteiger partial charge in [0, 0.05) is 0 Å². The first-order chi connectivity index (χ1) is 6.86. The molecule has 0 radical (unpaired) electrons. The predicted octanol–water partition coefficient (Wildman–Crippen LogP) is 2.84. The molecule has 0 atom stereocenters. The van der Waals surface area contributed by atoms with Crippen LogP contribution in [0.15, 0.2) is 35.5 Å². The minimum absolute atomic E-state index is 0.766. The molecule has 2 rings (SSSR count). The molecule has 0 unspecified atom stereocenters. The molecular weight excluding hydrogens is 174 g/mol. The smallest absolute Gasteiger partial charge is 0.120 e. The van der Waals surface area contributed by atoms with Gasteiger partial charge in [-0.25, -0.2) is 0 Å². The van der Waals surface area contributed by atoms with E-state index in [9.17, 15) is 0 Å². The average molecular weight is 189 g/mol. The number of benzene rings is 1. The molecule has 1 saturated carbocycles. The van der Waals surface area contributed by atoms with Crippen LogP contribution < -0.4 is 0 Å². The van der Waals surface area contributed by atoms with Crippen molar-refractivity contribution in [3.8, 4) is 0 Å². The molecule has 74 valence electrons. The van der Waals surface area contributed by atoms with Crippen LogP contribution >= 0.6 is 0 Å². The van der Waals surface area contributed by atoms with Gasteiger partial charge in [0.05, 0.1) is 5.71 Å². The lowest BCUT2D eigenvalue weighted by Gasteiger charge is -2.00. The molecule has 0 spiro atoms. The third kappa shape index (κ3) is 2.59. The lowest BCUT2D eigenvalue weighted by atomic mass is 10.1. The zero-order valence-corrected chi connectivity index (χ0v) is 8.44. The van der Waals surface area contributed by atoms with Crippen LogP contribution in [0.1, 0.15) is 25.3 Å². The van der Waals surface area contributed by atoms with Gasteiger partial charge < -0.3 is 4.84 Å². The molecule has 0 N–H and O–H groups in total. The third-order valence-corrected chi connectivity index (χ3v) is 2.40. The van der Waals surface area contributed by atoms with E-state index in [1.54, 1.807) is 0 Å². The Kier molecular flexibility index (Phi) is 2.82. The summed E-state index contributed by atoms with van der Waals surface area (Å²) in [4.78, 5) is 5.26. The molecule has 1 fully saturated rings. The Bertz CT molecular complexity index is 314. The average Bonchev–Trinajstić information content (AvgIpc) is 3.03. The second-order valence-electron chi connectivity index (χ2n) is 3.78. The number of hydrogen-bond acceptors (Lipinski definition) is 2. The zero-order chi connectivity index (χ0) is 9.80. The summed E-state index contributed by atoms with van der Waals surface area (Å²) in [7, 11) is 0. The lowest BCUT2D eigenvalue weighted by molar-refractivity contribution is 0.134.